The smallest absolute Gasteiger partial charge is 0.122 e. The van der Waals surface area contributed by atoms with E-state index in [2.05, 4.69) is 48.2 Å². The fraction of sp³-hybridized carbons (Fsp3) is 0.333. The van der Waals surface area contributed by atoms with Crippen LogP contribution in [-0.4, -0.2) is 21.2 Å². The van der Waals surface area contributed by atoms with Crippen LogP contribution in [0.15, 0.2) is 36.4 Å². The predicted octanol–water partition coefficient (Wildman–Crippen LogP) is 3.43. The normalized spacial score (nSPS) is 12.1. The molecule has 0 aliphatic heterocycles. The van der Waals surface area contributed by atoms with Gasteiger partial charge in [-0.2, -0.15) is 0 Å². The van der Waals surface area contributed by atoms with Crippen LogP contribution in [0.3, 0.4) is 0 Å². The number of ether oxygens (including phenoxy) is 1. The van der Waals surface area contributed by atoms with E-state index >= 15 is 0 Å². The number of hydrogen-bond donors (Lipinski definition) is 1. The van der Waals surface area contributed by atoms with Crippen molar-refractivity contribution in [2.75, 3.05) is 26.1 Å². The number of methoxy groups -OCH3 is 1. The summed E-state index contributed by atoms with van der Waals surface area (Å²) in [5.74, 6) is 0.909. The molecule has 3 heteroatoms. The van der Waals surface area contributed by atoms with Crippen molar-refractivity contribution >= 4 is 5.69 Å². The molecule has 112 valence electrons. The molecule has 1 atom stereocenters. The summed E-state index contributed by atoms with van der Waals surface area (Å²) in [6.45, 7) is 4.12. The topological polar surface area (TPSA) is 38.5 Å². The molecule has 2 rings (SSSR count). The van der Waals surface area contributed by atoms with Gasteiger partial charge in [-0.25, -0.2) is 0 Å². The van der Waals surface area contributed by atoms with Gasteiger partial charge in [-0.15, -0.1) is 0 Å². The molecule has 0 saturated carbocycles. The Labute approximate surface area is 127 Å². The number of anilines is 1. The lowest BCUT2D eigenvalue weighted by Gasteiger charge is -2.19. The molecule has 0 amide bonds. The summed E-state index contributed by atoms with van der Waals surface area (Å²) in [7, 11) is 5.76. The maximum atomic E-state index is 6.45. The summed E-state index contributed by atoms with van der Waals surface area (Å²) in [6.07, 6.45) is 0. The first-order valence-corrected chi connectivity index (χ1v) is 7.12. The highest BCUT2D eigenvalue weighted by Crippen LogP contribution is 2.29. The van der Waals surface area contributed by atoms with Crippen molar-refractivity contribution < 1.29 is 4.74 Å². The first-order valence-electron chi connectivity index (χ1n) is 7.12. The van der Waals surface area contributed by atoms with Crippen LogP contribution in [-0.2, 0) is 0 Å². The van der Waals surface area contributed by atoms with E-state index in [1.54, 1.807) is 7.11 Å². The Morgan fingerprint density at radius 1 is 1.00 bits per heavy atom. The van der Waals surface area contributed by atoms with E-state index in [0.29, 0.717) is 0 Å². The Bertz CT molecular complexity index is 618. The second kappa shape index (κ2) is 6.19. The Hall–Kier alpha value is -2.00. The number of nitrogens with two attached hydrogens (primary N) is 1. The minimum absolute atomic E-state index is 0.120. The number of rotatable bonds is 4. The summed E-state index contributed by atoms with van der Waals surface area (Å²) in [6, 6.07) is 12.4. The lowest BCUT2D eigenvalue weighted by molar-refractivity contribution is 0.411. The molecule has 0 bridgehead atoms. The first-order chi connectivity index (χ1) is 9.93. The number of nitrogens with zero attached hydrogens (tertiary/aromatic N) is 1. The highest BCUT2D eigenvalue weighted by Gasteiger charge is 2.14. The highest BCUT2D eigenvalue weighted by atomic mass is 16.5. The molecule has 2 N–H and O–H groups in total. The van der Waals surface area contributed by atoms with Gasteiger partial charge in [-0.1, -0.05) is 18.2 Å². The molecular weight excluding hydrogens is 260 g/mol. The molecule has 2 aromatic rings. The molecule has 0 saturated heterocycles. The van der Waals surface area contributed by atoms with E-state index in [-0.39, 0.29) is 6.04 Å². The number of hydrogen-bond acceptors (Lipinski definition) is 3. The van der Waals surface area contributed by atoms with Crippen molar-refractivity contribution in [2.45, 2.75) is 19.9 Å². The monoisotopic (exact) mass is 284 g/mol. The summed E-state index contributed by atoms with van der Waals surface area (Å²) in [5, 5.41) is 0. The quantitative estimate of drug-likeness (QED) is 0.935. The van der Waals surface area contributed by atoms with Gasteiger partial charge in [0.1, 0.15) is 5.75 Å². The molecule has 0 heterocycles. The van der Waals surface area contributed by atoms with Crippen LogP contribution in [0.5, 0.6) is 5.75 Å². The van der Waals surface area contributed by atoms with Crippen LogP contribution in [0.25, 0.3) is 0 Å². The maximum absolute atomic E-state index is 6.45. The van der Waals surface area contributed by atoms with Crippen molar-refractivity contribution in [2.24, 2.45) is 5.73 Å². The molecule has 2 aromatic carbocycles. The Morgan fingerprint density at radius 2 is 1.62 bits per heavy atom. The molecular formula is C18H24N2O. The maximum Gasteiger partial charge on any atom is 0.122 e. The number of benzene rings is 2. The Morgan fingerprint density at radius 3 is 2.14 bits per heavy atom. The van der Waals surface area contributed by atoms with E-state index < -0.39 is 0 Å². The van der Waals surface area contributed by atoms with Crippen LogP contribution in [0.4, 0.5) is 5.69 Å². The fourth-order valence-corrected chi connectivity index (χ4v) is 2.53. The van der Waals surface area contributed by atoms with Crippen LogP contribution in [0.1, 0.15) is 28.3 Å². The highest BCUT2D eigenvalue weighted by molar-refractivity contribution is 5.50. The van der Waals surface area contributed by atoms with E-state index in [1.165, 1.54) is 5.69 Å². The summed E-state index contributed by atoms with van der Waals surface area (Å²) in [5.41, 5.74) is 12.2. The van der Waals surface area contributed by atoms with Crippen LogP contribution in [0.2, 0.25) is 0 Å². The third kappa shape index (κ3) is 3.19. The van der Waals surface area contributed by atoms with Crippen molar-refractivity contribution in [3.63, 3.8) is 0 Å². The zero-order valence-electron chi connectivity index (χ0n) is 13.5. The molecule has 0 aliphatic carbocycles. The van der Waals surface area contributed by atoms with Gasteiger partial charge in [-0.05, 0) is 54.3 Å². The molecule has 0 aromatic heterocycles. The van der Waals surface area contributed by atoms with Crippen molar-refractivity contribution in [1.29, 1.82) is 0 Å². The second-order valence-corrected chi connectivity index (χ2v) is 5.64. The van der Waals surface area contributed by atoms with E-state index in [0.717, 1.165) is 28.0 Å². The van der Waals surface area contributed by atoms with Crippen LogP contribution >= 0.6 is 0 Å². The van der Waals surface area contributed by atoms with Crippen molar-refractivity contribution in [3.8, 4) is 5.75 Å². The molecule has 0 radical (unpaired) electrons. The molecule has 0 fully saturated rings. The average molecular weight is 284 g/mol. The zero-order chi connectivity index (χ0) is 15.6. The lowest BCUT2D eigenvalue weighted by Crippen LogP contribution is -2.14. The molecule has 21 heavy (non-hydrogen) atoms. The molecule has 0 aliphatic rings. The van der Waals surface area contributed by atoms with Gasteiger partial charge >= 0.3 is 0 Å². The lowest BCUT2D eigenvalue weighted by atomic mass is 9.93. The molecule has 0 spiro atoms. The average Bonchev–Trinajstić information content (AvgIpc) is 2.48. The molecule has 1 unspecified atom stereocenters. The van der Waals surface area contributed by atoms with E-state index in [9.17, 15) is 0 Å². The number of aryl methyl sites for hydroxylation is 2. The minimum Gasteiger partial charge on any atom is -0.496 e. The predicted molar refractivity (Wildman–Crippen MR) is 89.3 cm³/mol. The van der Waals surface area contributed by atoms with Gasteiger partial charge in [0.25, 0.3) is 0 Å². The van der Waals surface area contributed by atoms with Gasteiger partial charge in [0.2, 0.25) is 0 Å². The van der Waals surface area contributed by atoms with Crippen LogP contribution < -0.4 is 15.4 Å². The SMILES string of the molecule is COc1cc(C)c(C(N)c2ccc(N(C)C)cc2)cc1C. The van der Waals surface area contributed by atoms with Gasteiger partial charge < -0.3 is 15.4 Å². The summed E-state index contributed by atoms with van der Waals surface area (Å²) < 4.78 is 5.36. The van der Waals surface area contributed by atoms with Gasteiger partial charge in [0.15, 0.2) is 0 Å². The van der Waals surface area contributed by atoms with Crippen molar-refractivity contribution in [1.82, 2.24) is 0 Å². The Kier molecular flexibility index (Phi) is 4.53. The standard InChI is InChI=1S/C18H24N2O/c1-12-11-17(21-5)13(2)10-16(12)18(19)14-6-8-15(9-7-14)20(3)4/h6-11,18H,19H2,1-5H3. The van der Waals surface area contributed by atoms with E-state index in [1.807, 2.05) is 21.0 Å². The molecule has 3 nitrogen and oxygen atoms in total. The largest absolute Gasteiger partial charge is 0.496 e. The third-order valence-corrected chi connectivity index (χ3v) is 3.89. The first kappa shape index (κ1) is 15.4. The second-order valence-electron chi connectivity index (χ2n) is 5.64. The van der Waals surface area contributed by atoms with E-state index in [4.69, 9.17) is 10.5 Å². The van der Waals surface area contributed by atoms with Crippen LogP contribution in [0, 0.1) is 13.8 Å². The van der Waals surface area contributed by atoms with Gasteiger partial charge in [0.05, 0.1) is 13.2 Å². The summed E-state index contributed by atoms with van der Waals surface area (Å²) >= 11 is 0. The van der Waals surface area contributed by atoms with Gasteiger partial charge in [0, 0.05) is 19.8 Å². The third-order valence-electron chi connectivity index (χ3n) is 3.89. The fourth-order valence-electron chi connectivity index (χ4n) is 2.53. The van der Waals surface area contributed by atoms with Gasteiger partial charge in [-0.3, -0.25) is 0 Å². The van der Waals surface area contributed by atoms with Crippen molar-refractivity contribution in [3.05, 3.63) is 58.7 Å². The summed E-state index contributed by atoms with van der Waals surface area (Å²) in [4.78, 5) is 2.08. The minimum atomic E-state index is -0.120. The Balaban J connectivity index is 2.35. The zero-order valence-corrected chi connectivity index (χ0v) is 13.5.